The number of benzene rings is 1. The van der Waals surface area contributed by atoms with E-state index in [9.17, 15) is 14.4 Å². The van der Waals surface area contributed by atoms with Crippen molar-refractivity contribution in [2.24, 2.45) is 0 Å². The van der Waals surface area contributed by atoms with E-state index in [1.807, 2.05) is 0 Å². The van der Waals surface area contributed by atoms with Crippen molar-refractivity contribution in [1.82, 2.24) is 14.9 Å². The number of methoxy groups -OCH3 is 1. The fraction of sp³-hybridized carbons (Fsp3) is 0.118. The molecular weight excluding hydrogens is 342 g/mol. The number of rotatable bonds is 5. The highest BCUT2D eigenvalue weighted by Gasteiger charge is 2.36. The number of hydrogen-bond donors (Lipinski definition) is 0. The summed E-state index contributed by atoms with van der Waals surface area (Å²) in [4.78, 5) is 45.5. The van der Waals surface area contributed by atoms with Gasteiger partial charge in [-0.05, 0) is 35.5 Å². The quantitative estimate of drug-likeness (QED) is 0.601. The molecule has 0 bridgehead atoms. The number of carbonyl (C=O) groups is 3. The average molecular weight is 355 g/mol. The molecule has 1 aromatic carbocycles. The summed E-state index contributed by atoms with van der Waals surface area (Å²) in [6.45, 7) is -0.358. The molecule has 0 atom stereocenters. The van der Waals surface area contributed by atoms with E-state index >= 15 is 0 Å². The van der Waals surface area contributed by atoms with Crippen molar-refractivity contribution in [3.8, 4) is 5.75 Å². The standard InChI is InChI=1S/C17H13N3O4S/c1-24-12-4-2-11(3-5-12)8-15-16(22)20(17(23)25-15)10-14(21)13-9-18-6-7-19-13/h2-9H,10H2,1H3/b15-8-. The van der Waals surface area contributed by atoms with Crippen molar-refractivity contribution in [2.45, 2.75) is 0 Å². The minimum absolute atomic E-state index is 0.112. The van der Waals surface area contributed by atoms with Crippen LogP contribution in [0, 0.1) is 0 Å². The first-order valence-electron chi connectivity index (χ1n) is 7.27. The van der Waals surface area contributed by atoms with Crippen molar-refractivity contribution in [3.05, 3.63) is 59.0 Å². The van der Waals surface area contributed by atoms with Gasteiger partial charge in [0.15, 0.2) is 0 Å². The second-order valence-electron chi connectivity index (χ2n) is 5.05. The molecular formula is C17H13N3O4S. The Labute approximate surface area is 147 Å². The van der Waals surface area contributed by atoms with Gasteiger partial charge in [-0.1, -0.05) is 12.1 Å². The Bertz CT molecular complexity index is 850. The molecule has 0 radical (unpaired) electrons. The Kier molecular flexibility index (Phi) is 4.90. The highest BCUT2D eigenvalue weighted by Crippen LogP contribution is 2.32. The number of ether oxygens (including phenoxy) is 1. The molecule has 1 aliphatic rings. The minimum Gasteiger partial charge on any atom is -0.497 e. The lowest BCUT2D eigenvalue weighted by atomic mass is 10.2. The van der Waals surface area contributed by atoms with Crippen LogP contribution in [-0.2, 0) is 4.79 Å². The van der Waals surface area contributed by atoms with Gasteiger partial charge in [-0.3, -0.25) is 24.3 Å². The van der Waals surface area contributed by atoms with Gasteiger partial charge in [0.05, 0.1) is 24.8 Å². The third-order valence-corrected chi connectivity index (χ3v) is 4.35. The molecule has 0 aliphatic carbocycles. The van der Waals surface area contributed by atoms with Gasteiger partial charge in [0, 0.05) is 12.4 Å². The van der Waals surface area contributed by atoms with Crippen LogP contribution in [0.3, 0.4) is 0 Å². The molecule has 126 valence electrons. The molecule has 0 N–H and O–H groups in total. The van der Waals surface area contributed by atoms with Gasteiger partial charge in [0.1, 0.15) is 11.4 Å². The van der Waals surface area contributed by atoms with Gasteiger partial charge in [-0.25, -0.2) is 4.98 Å². The number of amides is 2. The number of ketones is 1. The Morgan fingerprint density at radius 1 is 1.24 bits per heavy atom. The summed E-state index contributed by atoms with van der Waals surface area (Å²) in [5.74, 6) is -0.246. The molecule has 2 amide bonds. The van der Waals surface area contributed by atoms with E-state index in [0.29, 0.717) is 5.75 Å². The van der Waals surface area contributed by atoms with Crippen molar-refractivity contribution in [3.63, 3.8) is 0 Å². The summed E-state index contributed by atoms with van der Waals surface area (Å²) in [5, 5.41) is -0.484. The van der Waals surface area contributed by atoms with Crippen molar-refractivity contribution < 1.29 is 19.1 Å². The SMILES string of the molecule is COc1ccc(/C=C2\SC(=O)N(CC(=O)c3cnccn3)C2=O)cc1. The lowest BCUT2D eigenvalue weighted by Crippen LogP contribution is -2.33. The number of thioether (sulfide) groups is 1. The molecule has 2 aromatic rings. The van der Waals surface area contributed by atoms with Crippen LogP contribution < -0.4 is 4.74 Å². The normalized spacial score (nSPS) is 15.7. The second-order valence-corrected chi connectivity index (χ2v) is 6.05. The molecule has 1 fully saturated rings. The predicted molar refractivity (Wildman–Crippen MR) is 92.0 cm³/mol. The van der Waals surface area contributed by atoms with E-state index in [0.717, 1.165) is 22.2 Å². The number of Topliss-reactive ketones (excluding diaryl/α,β-unsaturated/α-hetero) is 1. The van der Waals surface area contributed by atoms with Crippen LogP contribution in [0.2, 0.25) is 0 Å². The summed E-state index contributed by atoms with van der Waals surface area (Å²) in [5.41, 5.74) is 0.868. The molecule has 7 nitrogen and oxygen atoms in total. The van der Waals surface area contributed by atoms with Crippen LogP contribution in [0.4, 0.5) is 4.79 Å². The zero-order valence-corrected chi connectivity index (χ0v) is 14.0. The highest BCUT2D eigenvalue weighted by molar-refractivity contribution is 8.18. The van der Waals surface area contributed by atoms with Crippen molar-refractivity contribution in [2.75, 3.05) is 13.7 Å². The lowest BCUT2D eigenvalue weighted by molar-refractivity contribution is -0.122. The van der Waals surface area contributed by atoms with Gasteiger partial charge in [0.2, 0.25) is 5.78 Å². The molecule has 25 heavy (non-hydrogen) atoms. The van der Waals surface area contributed by atoms with Crippen LogP contribution in [-0.4, -0.2) is 45.5 Å². The molecule has 0 unspecified atom stereocenters. The summed E-state index contributed by atoms with van der Waals surface area (Å²) in [6, 6.07) is 7.07. The molecule has 1 aromatic heterocycles. The first-order chi connectivity index (χ1) is 12.1. The summed E-state index contributed by atoms with van der Waals surface area (Å²) >= 11 is 0.803. The van der Waals surface area contributed by atoms with Crippen molar-refractivity contribution in [1.29, 1.82) is 0 Å². The Morgan fingerprint density at radius 2 is 2.00 bits per heavy atom. The van der Waals surface area contributed by atoms with Gasteiger partial charge < -0.3 is 4.74 Å². The maximum atomic E-state index is 12.4. The molecule has 0 saturated carbocycles. The zero-order valence-electron chi connectivity index (χ0n) is 13.2. The number of aromatic nitrogens is 2. The smallest absolute Gasteiger partial charge is 0.293 e. The fourth-order valence-corrected chi connectivity index (χ4v) is 2.99. The van der Waals surface area contributed by atoms with E-state index in [1.54, 1.807) is 37.5 Å². The molecule has 0 spiro atoms. The van der Waals surface area contributed by atoms with E-state index in [2.05, 4.69) is 9.97 Å². The number of nitrogens with zero attached hydrogens (tertiary/aromatic N) is 3. The first-order valence-corrected chi connectivity index (χ1v) is 8.09. The fourth-order valence-electron chi connectivity index (χ4n) is 2.16. The van der Waals surface area contributed by atoms with E-state index < -0.39 is 16.9 Å². The number of hydrogen-bond acceptors (Lipinski definition) is 7. The van der Waals surface area contributed by atoms with Gasteiger partial charge >= 0.3 is 0 Å². The third-order valence-electron chi connectivity index (χ3n) is 3.44. The number of carbonyl (C=O) groups excluding carboxylic acids is 3. The second kappa shape index (κ2) is 7.27. The summed E-state index contributed by atoms with van der Waals surface area (Å²) < 4.78 is 5.08. The summed E-state index contributed by atoms with van der Waals surface area (Å²) in [7, 11) is 1.56. The molecule has 1 aliphatic heterocycles. The maximum Gasteiger partial charge on any atom is 0.293 e. The Hall–Kier alpha value is -3.00. The van der Waals surface area contributed by atoms with Crippen LogP contribution in [0.5, 0.6) is 5.75 Å². The van der Waals surface area contributed by atoms with Crippen LogP contribution >= 0.6 is 11.8 Å². The van der Waals surface area contributed by atoms with E-state index in [1.165, 1.54) is 18.6 Å². The molecule has 2 heterocycles. The largest absolute Gasteiger partial charge is 0.497 e. The van der Waals surface area contributed by atoms with Crippen LogP contribution in [0.1, 0.15) is 16.1 Å². The number of imide groups is 1. The monoisotopic (exact) mass is 355 g/mol. The third kappa shape index (κ3) is 3.74. The van der Waals surface area contributed by atoms with Crippen LogP contribution in [0.25, 0.3) is 6.08 Å². The average Bonchev–Trinajstić information content (AvgIpc) is 2.90. The minimum atomic E-state index is -0.497. The van der Waals surface area contributed by atoms with Crippen molar-refractivity contribution >= 4 is 34.8 Å². The zero-order chi connectivity index (χ0) is 17.8. The van der Waals surface area contributed by atoms with E-state index in [4.69, 9.17) is 4.74 Å². The van der Waals surface area contributed by atoms with Gasteiger partial charge in [-0.2, -0.15) is 0 Å². The Balaban J connectivity index is 1.75. The van der Waals surface area contributed by atoms with E-state index in [-0.39, 0.29) is 17.1 Å². The first kappa shape index (κ1) is 16.8. The predicted octanol–water partition coefficient (Wildman–Crippen LogP) is 2.40. The lowest BCUT2D eigenvalue weighted by Gasteiger charge is -2.10. The molecule has 8 heteroatoms. The van der Waals surface area contributed by atoms with Crippen LogP contribution in [0.15, 0.2) is 47.8 Å². The van der Waals surface area contributed by atoms with Gasteiger partial charge in [0.25, 0.3) is 11.1 Å². The van der Waals surface area contributed by atoms with Gasteiger partial charge in [-0.15, -0.1) is 0 Å². The Morgan fingerprint density at radius 3 is 2.64 bits per heavy atom. The topological polar surface area (TPSA) is 89.5 Å². The maximum absolute atomic E-state index is 12.4. The summed E-state index contributed by atoms with van der Waals surface area (Å²) in [6.07, 6.45) is 5.73. The molecule has 3 rings (SSSR count). The highest BCUT2D eigenvalue weighted by atomic mass is 32.2. The molecule has 1 saturated heterocycles.